The lowest BCUT2D eigenvalue weighted by Gasteiger charge is -2.21. The molecule has 0 saturated heterocycles. The number of benzene rings is 2. The van der Waals surface area contributed by atoms with Gasteiger partial charge in [-0.05, 0) is 42.5 Å². The van der Waals surface area contributed by atoms with Gasteiger partial charge in [-0.25, -0.2) is 4.39 Å². The highest BCUT2D eigenvalue weighted by Gasteiger charge is 2.30. The minimum Gasteiger partial charge on any atom is -0.285 e. The van der Waals surface area contributed by atoms with E-state index in [4.69, 9.17) is 23.2 Å². The van der Waals surface area contributed by atoms with Gasteiger partial charge in [-0.3, -0.25) is 20.0 Å². The predicted octanol–water partition coefficient (Wildman–Crippen LogP) is 4.48. The minimum absolute atomic E-state index is 0.0244. The fourth-order valence-corrected chi connectivity index (χ4v) is 2.98. The first-order chi connectivity index (χ1) is 14.5. The van der Waals surface area contributed by atoms with Gasteiger partial charge in [0.15, 0.2) is 0 Å². The van der Waals surface area contributed by atoms with Crippen molar-refractivity contribution < 1.29 is 22.4 Å². The maximum absolute atomic E-state index is 13.3. The Morgan fingerprint density at radius 3 is 2.35 bits per heavy atom. The van der Waals surface area contributed by atoms with Crippen molar-refractivity contribution in [1.29, 1.82) is 0 Å². The number of aromatic nitrogens is 2. The first kappa shape index (κ1) is 22.6. The molecular formula is C19H12Cl2F4N4O2. The Kier molecular flexibility index (Phi) is 6.23. The van der Waals surface area contributed by atoms with Crippen LogP contribution in [0.15, 0.2) is 53.5 Å². The number of anilines is 1. The first-order valence-electron chi connectivity index (χ1n) is 8.44. The molecule has 0 saturated carbocycles. The normalized spacial score (nSPS) is 11.3. The van der Waals surface area contributed by atoms with Gasteiger partial charge in [0.25, 0.3) is 11.5 Å². The highest BCUT2D eigenvalue weighted by molar-refractivity contribution is 6.33. The van der Waals surface area contributed by atoms with Crippen molar-refractivity contribution in [3.05, 3.63) is 86.0 Å². The third kappa shape index (κ3) is 4.80. The van der Waals surface area contributed by atoms with Crippen molar-refractivity contribution in [2.45, 2.75) is 6.18 Å². The third-order valence-corrected chi connectivity index (χ3v) is 4.80. The van der Waals surface area contributed by atoms with Crippen LogP contribution < -0.4 is 16.0 Å². The summed E-state index contributed by atoms with van der Waals surface area (Å²) in [6.07, 6.45) is -3.35. The maximum Gasteiger partial charge on any atom is 0.416 e. The van der Waals surface area contributed by atoms with E-state index in [1.807, 2.05) is 0 Å². The van der Waals surface area contributed by atoms with Crippen molar-refractivity contribution in [3.63, 3.8) is 0 Å². The predicted molar refractivity (Wildman–Crippen MR) is 107 cm³/mol. The standard InChI is InChI=1S/C19H12Cl2F4N4O2/c1-28(27-17(30)10-2-4-11(5-3-10)19(23,24)25)15-9-26-29(18(31)16(15)21)12-6-7-14(22)13(20)8-12/h2-9H,1H3,(H,27,30). The largest absolute Gasteiger partial charge is 0.416 e. The second-order valence-electron chi connectivity index (χ2n) is 6.23. The second kappa shape index (κ2) is 8.56. The molecule has 12 heteroatoms. The zero-order chi connectivity index (χ0) is 22.9. The summed E-state index contributed by atoms with van der Waals surface area (Å²) >= 11 is 11.8. The summed E-state index contributed by atoms with van der Waals surface area (Å²) in [5, 5.41) is 4.51. The van der Waals surface area contributed by atoms with E-state index in [0.717, 1.165) is 40.0 Å². The van der Waals surface area contributed by atoms with Gasteiger partial charge >= 0.3 is 6.18 Å². The number of carbonyl (C=O) groups excluding carboxylic acids is 1. The quantitative estimate of drug-likeness (QED) is 0.447. The first-order valence-corrected chi connectivity index (χ1v) is 9.20. The van der Waals surface area contributed by atoms with E-state index >= 15 is 0 Å². The Hall–Kier alpha value is -3.11. The monoisotopic (exact) mass is 474 g/mol. The summed E-state index contributed by atoms with van der Waals surface area (Å²) < 4.78 is 52.2. The minimum atomic E-state index is -4.52. The van der Waals surface area contributed by atoms with Crippen molar-refractivity contribution >= 4 is 34.8 Å². The number of hydrogen-bond acceptors (Lipinski definition) is 4. The van der Waals surface area contributed by atoms with Crippen LogP contribution in [0.4, 0.5) is 23.2 Å². The van der Waals surface area contributed by atoms with Crippen molar-refractivity contribution in [3.8, 4) is 5.69 Å². The molecule has 3 aromatic rings. The van der Waals surface area contributed by atoms with Crippen LogP contribution in [-0.2, 0) is 6.18 Å². The third-order valence-electron chi connectivity index (χ3n) is 4.15. The fraction of sp³-hybridized carbons (Fsp3) is 0.105. The van der Waals surface area contributed by atoms with E-state index in [1.165, 1.54) is 25.4 Å². The maximum atomic E-state index is 13.3. The van der Waals surface area contributed by atoms with Crippen LogP contribution in [0.5, 0.6) is 0 Å². The summed E-state index contributed by atoms with van der Waals surface area (Å²) in [4.78, 5) is 24.9. The average Bonchev–Trinajstić information content (AvgIpc) is 2.71. The van der Waals surface area contributed by atoms with Crippen LogP contribution in [-0.4, -0.2) is 22.7 Å². The Morgan fingerprint density at radius 1 is 1.13 bits per heavy atom. The second-order valence-corrected chi connectivity index (χ2v) is 7.02. The molecule has 0 unspecified atom stereocenters. The van der Waals surface area contributed by atoms with Gasteiger partial charge in [-0.15, -0.1) is 0 Å². The lowest BCUT2D eigenvalue weighted by molar-refractivity contribution is -0.137. The number of rotatable bonds is 4. The number of amides is 1. The van der Waals surface area contributed by atoms with E-state index in [0.29, 0.717) is 0 Å². The molecule has 1 N–H and O–H groups in total. The Bertz CT molecular complexity index is 1200. The molecule has 0 aliphatic carbocycles. The van der Waals surface area contributed by atoms with E-state index in [2.05, 4.69) is 10.5 Å². The molecule has 0 fully saturated rings. The lowest BCUT2D eigenvalue weighted by atomic mass is 10.1. The van der Waals surface area contributed by atoms with E-state index in [-0.39, 0.29) is 27.0 Å². The van der Waals surface area contributed by atoms with Crippen LogP contribution in [0, 0.1) is 5.82 Å². The van der Waals surface area contributed by atoms with Crippen LogP contribution in [0.3, 0.4) is 0 Å². The highest BCUT2D eigenvalue weighted by Crippen LogP contribution is 2.29. The molecule has 0 radical (unpaired) electrons. The smallest absolute Gasteiger partial charge is 0.285 e. The Balaban J connectivity index is 1.82. The molecule has 31 heavy (non-hydrogen) atoms. The van der Waals surface area contributed by atoms with Gasteiger partial charge in [0.05, 0.1) is 22.5 Å². The molecule has 1 heterocycles. The summed E-state index contributed by atoms with van der Waals surface area (Å²) in [6, 6.07) is 7.12. The summed E-state index contributed by atoms with van der Waals surface area (Å²) in [5.41, 5.74) is 0.873. The van der Waals surface area contributed by atoms with Gasteiger partial charge in [-0.1, -0.05) is 23.2 Å². The Labute approximate surface area is 182 Å². The number of alkyl halides is 3. The van der Waals surface area contributed by atoms with Crippen molar-refractivity contribution in [2.75, 3.05) is 12.1 Å². The van der Waals surface area contributed by atoms with Gasteiger partial charge in [0.1, 0.15) is 16.5 Å². The van der Waals surface area contributed by atoms with Gasteiger partial charge < -0.3 is 0 Å². The highest BCUT2D eigenvalue weighted by atomic mass is 35.5. The summed E-state index contributed by atoms with van der Waals surface area (Å²) in [7, 11) is 1.36. The number of carbonyl (C=O) groups is 1. The van der Waals surface area contributed by atoms with Crippen molar-refractivity contribution in [1.82, 2.24) is 15.2 Å². The topological polar surface area (TPSA) is 67.2 Å². The molecule has 0 atom stereocenters. The molecule has 0 bridgehead atoms. The van der Waals surface area contributed by atoms with Crippen molar-refractivity contribution in [2.24, 2.45) is 0 Å². The van der Waals surface area contributed by atoms with Gasteiger partial charge in [-0.2, -0.15) is 23.0 Å². The molecule has 3 rings (SSSR count). The lowest BCUT2D eigenvalue weighted by Crippen LogP contribution is -2.40. The van der Waals surface area contributed by atoms with Gasteiger partial charge in [0.2, 0.25) is 0 Å². The molecule has 0 aliphatic heterocycles. The van der Waals surface area contributed by atoms with E-state index in [9.17, 15) is 27.2 Å². The molecule has 6 nitrogen and oxygen atoms in total. The zero-order valence-corrected chi connectivity index (χ0v) is 17.1. The zero-order valence-electron chi connectivity index (χ0n) is 15.5. The number of halogens is 6. The molecule has 1 aromatic heterocycles. The fourth-order valence-electron chi connectivity index (χ4n) is 2.55. The number of hydrazine groups is 1. The number of hydrogen-bond donors (Lipinski definition) is 1. The molecule has 1 amide bonds. The molecule has 0 aliphatic rings. The van der Waals surface area contributed by atoms with Crippen LogP contribution >= 0.6 is 23.2 Å². The Morgan fingerprint density at radius 2 is 1.77 bits per heavy atom. The molecule has 2 aromatic carbocycles. The molecular weight excluding hydrogens is 463 g/mol. The number of nitrogens with one attached hydrogen (secondary N) is 1. The molecule has 162 valence electrons. The number of nitrogens with zero attached hydrogens (tertiary/aromatic N) is 3. The van der Waals surface area contributed by atoms with E-state index < -0.39 is 29.0 Å². The van der Waals surface area contributed by atoms with Crippen LogP contribution in [0.25, 0.3) is 5.69 Å². The summed E-state index contributed by atoms with van der Waals surface area (Å²) in [5.74, 6) is -1.41. The molecule has 0 spiro atoms. The van der Waals surface area contributed by atoms with E-state index in [1.54, 1.807) is 0 Å². The van der Waals surface area contributed by atoms with Gasteiger partial charge in [0, 0.05) is 12.6 Å². The van der Waals surface area contributed by atoms with Crippen LogP contribution in [0.2, 0.25) is 10.0 Å². The average molecular weight is 475 g/mol. The van der Waals surface area contributed by atoms with Crippen LogP contribution in [0.1, 0.15) is 15.9 Å². The SMILES string of the molecule is CN(NC(=O)c1ccc(C(F)(F)F)cc1)c1cnn(-c2ccc(F)c(Cl)c2)c(=O)c1Cl. The summed E-state index contributed by atoms with van der Waals surface area (Å²) in [6.45, 7) is 0.